The zero-order valence-corrected chi connectivity index (χ0v) is 18.6. The SMILES string of the molecule is Cc1ccc(N2CC(C(=O)N3CCC(C(=O)NC4CCS(=O)(=O)C4)CC3)CC2=O)cc1. The second-order valence-electron chi connectivity index (χ2n) is 8.95. The molecular formula is C22H29N3O5S. The average molecular weight is 448 g/mol. The molecule has 2 unspecified atom stereocenters. The number of hydrogen-bond acceptors (Lipinski definition) is 5. The van der Waals surface area contributed by atoms with Gasteiger partial charge in [-0.2, -0.15) is 0 Å². The quantitative estimate of drug-likeness (QED) is 0.738. The minimum absolute atomic E-state index is 0.0171. The van der Waals surface area contributed by atoms with E-state index in [0.29, 0.717) is 38.9 Å². The number of benzene rings is 1. The zero-order valence-electron chi connectivity index (χ0n) is 17.7. The lowest BCUT2D eigenvalue weighted by atomic mass is 9.94. The van der Waals surface area contributed by atoms with Gasteiger partial charge in [-0.25, -0.2) is 8.42 Å². The van der Waals surface area contributed by atoms with Crippen molar-refractivity contribution in [3.63, 3.8) is 0 Å². The molecule has 168 valence electrons. The van der Waals surface area contributed by atoms with E-state index in [4.69, 9.17) is 0 Å². The maximum absolute atomic E-state index is 13.0. The van der Waals surface area contributed by atoms with Gasteiger partial charge in [-0.1, -0.05) is 17.7 Å². The first-order chi connectivity index (χ1) is 14.7. The molecule has 3 amide bonds. The highest BCUT2D eigenvalue weighted by atomic mass is 32.2. The third kappa shape index (κ3) is 4.92. The van der Waals surface area contributed by atoms with Crippen molar-refractivity contribution in [1.29, 1.82) is 0 Å². The van der Waals surface area contributed by atoms with E-state index in [0.717, 1.165) is 11.3 Å². The molecule has 3 heterocycles. The predicted octanol–water partition coefficient (Wildman–Crippen LogP) is 0.890. The highest BCUT2D eigenvalue weighted by Gasteiger charge is 2.39. The van der Waals surface area contributed by atoms with E-state index >= 15 is 0 Å². The highest BCUT2D eigenvalue weighted by Crippen LogP contribution is 2.28. The summed E-state index contributed by atoms with van der Waals surface area (Å²) in [7, 11) is -3.03. The number of likely N-dealkylation sites (tertiary alicyclic amines) is 1. The monoisotopic (exact) mass is 447 g/mol. The molecule has 1 N–H and O–H groups in total. The maximum Gasteiger partial charge on any atom is 0.228 e. The summed E-state index contributed by atoms with van der Waals surface area (Å²) in [6.45, 7) is 3.34. The van der Waals surface area contributed by atoms with Crippen LogP contribution in [-0.4, -0.2) is 68.2 Å². The van der Waals surface area contributed by atoms with Crippen molar-refractivity contribution < 1.29 is 22.8 Å². The van der Waals surface area contributed by atoms with E-state index in [9.17, 15) is 22.8 Å². The summed E-state index contributed by atoms with van der Waals surface area (Å²) in [5, 5.41) is 2.86. The fourth-order valence-electron chi connectivity index (χ4n) is 4.70. The molecule has 2 atom stereocenters. The standard InChI is InChI=1S/C22H29N3O5S/c1-15-2-4-19(5-3-15)25-13-17(12-20(25)26)22(28)24-9-6-16(7-10-24)21(27)23-18-8-11-31(29,30)14-18/h2-5,16-18H,6-14H2,1H3,(H,23,27). The number of amides is 3. The number of anilines is 1. The van der Waals surface area contributed by atoms with Crippen LogP contribution in [0.2, 0.25) is 0 Å². The first-order valence-electron chi connectivity index (χ1n) is 10.9. The third-order valence-corrected chi connectivity index (χ3v) is 8.34. The summed E-state index contributed by atoms with van der Waals surface area (Å²) in [5.41, 5.74) is 1.93. The first-order valence-corrected chi connectivity index (χ1v) is 12.7. The Bertz CT molecular complexity index is 967. The molecule has 1 aromatic rings. The van der Waals surface area contributed by atoms with E-state index in [1.807, 2.05) is 31.2 Å². The Labute approximate surface area is 182 Å². The summed E-state index contributed by atoms with van der Waals surface area (Å²) < 4.78 is 23.1. The van der Waals surface area contributed by atoms with Crippen LogP contribution in [0, 0.1) is 18.8 Å². The van der Waals surface area contributed by atoms with Crippen molar-refractivity contribution in [2.45, 2.75) is 38.6 Å². The van der Waals surface area contributed by atoms with Crippen molar-refractivity contribution in [2.75, 3.05) is 36.0 Å². The normalized spacial score (nSPS) is 26.3. The van der Waals surface area contributed by atoms with Gasteiger partial charge < -0.3 is 15.1 Å². The molecule has 0 radical (unpaired) electrons. The Kier molecular flexibility index (Phi) is 6.05. The van der Waals surface area contributed by atoms with Gasteiger partial charge in [0.1, 0.15) is 0 Å². The molecule has 0 bridgehead atoms. The van der Waals surface area contributed by atoms with Crippen LogP contribution in [0.4, 0.5) is 5.69 Å². The van der Waals surface area contributed by atoms with E-state index in [-0.39, 0.29) is 53.5 Å². The lowest BCUT2D eigenvalue weighted by Crippen LogP contribution is -2.47. The molecule has 3 fully saturated rings. The lowest BCUT2D eigenvalue weighted by molar-refractivity contribution is -0.139. The molecular weight excluding hydrogens is 418 g/mol. The van der Waals surface area contributed by atoms with E-state index in [2.05, 4.69) is 5.32 Å². The summed E-state index contributed by atoms with van der Waals surface area (Å²) in [6, 6.07) is 7.41. The molecule has 1 aromatic carbocycles. The van der Waals surface area contributed by atoms with Crippen molar-refractivity contribution in [1.82, 2.24) is 10.2 Å². The molecule has 0 saturated carbocycles. The average Bonchev–Trinajstić information content (AvgIpc) is 3.29. The van der Waals surface area contributed by atoms with Crippen LogP contribution in [-0.2, 0) is 24.2 Å². The van der Waals surface area contributed by atoms with Gasteiger partial charge in [0, 0.05) is 43.7 Å². The Balaban J connectivity index is 1.28. The van der Waals surface area contributed by atoms with E-state index < -0.39 is 9.84 Å². The second kappa shape index (κ2) is 8.61. The molecule has 3 aliphatic heterocycles. The minimum Gasteiger partial charge on any atom is -0.352 e. The zero-order chi connectivity index (χ0) is 22.2. The number of hydrogen-bond donors (Lipinski definition) is 1. The number of aryl methyl sites for hydroxylation is 1. The topological polar surface area (TPSA) is 104 Å². The highest BCUT2D eigenvalue weighted by molar-refractivity contribution is 7.91. The number of carbonyl (C=O) groups excluding carboxylic acids is 3. The molecule has 8 nitrogen and oxygen atoms in total. The van der Waals surface area contributed by atoms with Gasteiger partial charge in [0.25, 0.3) is 0 Å². The third-order valence-electron chi connectivity index (χ3n) is 6.58. The van der Waals surface area contributed by atoms with Crippen LogP contribution in [0.25, 0.3) is 0 Å². The van der Waals surface area contributed by atoms with Crippen LogP contribution >= 0.6 is 0 Å². The molecule has 0 spiro atoms. The summed E-state index contributed by atoms with van der Waals surface area (Å²) >= 11 is 0. The van der Waals surface area contributed by atoms with Crippen molar-refractivity contribution in [2.24, 2.45) is 11.8 Å². The fourth-order valence-corrected chi connectivity index (χ4v) is 6.37. The number of rotatable bonds is 4. The second-order valence-corrected chi connectivity index (χ2v) is 11.2. The number of carbonyl (C=O) groups is 3. The van der Waals surface area contributed by atoms with Crippen LogP contribution in [0.5, 0.6) is 0 Å². The number of sulfone groups is 1. The molecule has 3 aliphatic rings. The van der Waals surface area contributed by atoms with Gasteiger partial charge in [0.2, 0.25) is 17.7 Å². The molecule has 0 aliphatic carbocycles. The molecule has 3 saturated heterocycles. The van der Waals surface area contributed by atoms with Gasteiger partial charge in [0.05, 0.1) is 17.4 Å². The Morgan fingerprint density at radius 1 is 1.03 bits per heavy atom. The number of nitrogens with zero attached hydrogens (tertiary/aromatic N) is 2. The summed E-state index contributed by atoms with van der Waals surface area (Å²) in [5.74, 6) is -0.597. The van der Waals surface area contributed by atoms with Gasteiger partial charge in [-0.05, 0) is 38.3 Å². The minimum atomic E-state index is -3.03. The maximum atomic E-state index is 13.0. The number of nitrogens with one attached hydrogen (secondary N) is 1. The number of piperidine rings is 1. The Morgan fingerprint density at radius 2 is 1.71 bits per heavy atom. The summed E-state index contributed by atoms with van der Waals surface area (Å²) in [6.07, 6.45) is 1.79. The van der Waals surface area contributed by atoms with Gasteiger partial charge in [-0.15, -0.1) is 0 Å². The Morgan fingerprint density at radius 3 is 2.32 bits per heavy atom. The Hall–Kier alpha value is -2.42. The van der Waals surface area contributed by atoms with E-state index in [1.165, 1.54) is 0 Å². The van der Waals surface area contributed by atoms with Gasteiger partial charge >= 0.3 is 0 Å². The van der Waals surface area contributed by atoms with Crippen molar-refractivity contribution in [3.8, 4) is 0 Å². The first kappa shape index (κ1) is 21.8. The van der Waals surface area contributed by atoms with Gasteiger partial charge in [0.15, 0.2) is 9.84 Å². The largest absolute Gasteiger partial charge is 0.352 e. The van der Waals surface area contributed by atoms with E-state index in [1.54, 1.807) is 9.80 Å². The molecule has 9 heteroatoms. The predicted molar refractivity (Wildman–Crippen MR) is 116 cm³/mol. The van der Waals surface area contributed by atoms with Crippen LogP contribution < -0.4 is 10.2 Å². The lowest BCUT2D eigenvalue weighted by Gasteiger charge is -2.33. The van der Waals surface area contributed by atoms with Crippen molar-refractivity contribution >= 4 is 33.2 Å². The van der Waals surface area contributed by atoms with Crippen molar-refractivity contribution in [3.05, 3.63) is 29.8 Å². The fraction of sp³-hybridized carbons (Fsp3) is 0.591. The molecule has 31 heavy (non-hydrogen) atoms. The molecule has 0 aromatic heterocycles. The molecule has 4 rings (SSSR count). The van der Waals surface area contributed by atoms with Crippen LogP contribution in [0.3, 0.4) is 0 Å². The summed E-state index contributed by atoms with van der Waals surface area (Å²) in [4.78, 5) is 41.4. The van der Waals surface area contributed by atoms with Crippen LogP contribution in [0.15, 0.2) is 24.3 Å². The van der Waals surface area contributed by atoms with Gasteiger partial charge in [-0.3, -0.25) is 14.4 Å². The smallest absolute Gasteiger partial charge is 0.228 e. The van der Waals surface area contributed by atoms with Crippen LogP contribution in [0.1, 0.15) is 31.2 Å².